The number of aryl methyl sites for hydroxylation is 1. The van der Waals surface area contributed by atoms with Gasteiger partial charge in [-0.05, 0) is 30.3 Å². The van der Waals surface area contributed by atoms with Crippen LogP contribution in [0.1, 0.15) is 16.2 Å². The zero-order valence-corrected chi connectivity index (χ0v) is 16.6. The second-order valence-corrected chi connectivity index (χ2v) is 7.05. The molecule has 7 nitrogen and oxygen atoms in total. The van der Waals surface area contributed by atoms with Gasteiger partial charge in [-0.3, -0.25) is 9.48 Å². The van der Waals surface area contributed by atoms with Gasteiger partial charge in [-0.25, -0.2) is 4.68 Å². The predicted octanol–water partition coefficient (Wildman–Crippen LogP) is 3.34. The normalized spacial score (nSPS) is 10.8. The summed E-state index contributed by atoms with van der Waals surface area (Å²) in [5.74, 6) is 0.363. The minimum atomic E-state index is -0.184. The minimum Gasteiger partial charge on any atom is -0.470 e. The van der Waals surface area contributed by atoms with Gasteiger partial charge < -0.3 is 9.64 Å². The second-order valence-electron chi connectivity index (χ2n) is 5.73. The molecule has 2 aromatic heterocycles. The quantitative estimate of drug-likeness (QED) is 0.592. The Labute approximate surface area is 164 Å². The number of aromatic nitrogens is 4. The molecule has 0 atom stereocenters. The van der Waals surface area contributed by atoms with E-state index >= 15 is 0 Å². The summed E-state index contributed by atoms with van der Waals surface area (Å²) in [6.45, 7) is 0.566. The van der Waals surface area contributed by atoms with Crippen molar-refractivity contribution < 1.29 is 9.53 Å². The fourth-order valence-corrected chi connectivity index (χ4v) is 3.06. The van der Waals surface area contributed by atoms with E-state index in [0.717, 1.165) is 10.2 Å². The van der Waals surface area contributed by atoms with Gasteiger partial charge in [0.15, 0.2) is 12.4 Å². The van der Waals surface area contributed by atoms with E-state index in [4.69, 9.17) is 16.3 Å². The second kappa shape index (κ2) is 7.92. The van der Waals surface area contributed by atoms with Crippen LogP contribution >= 0.6 is 27.5 Å². The molecule has 0 unspecified atom stereocenters. The molecule has 9 heteroatoms. The molecule has 0 fully saturated rings. The lowest BCUT2D eigenvalue weighted by Gasteiger charge is -2.14. The fourth-order valence-electron chi connectivity index (χ4n) is 2.33. The highest BCUT2D eigenvalue weighted by atomic mass is 79.9. The van der Waals surface area contributed by atoms with Crippen molar-refractivity contribution in [1.82, 2.24) is 24.5 Å². The molecular formula is C17H17BrClN5O2. The predicted molar refractivity (Wildman–Crippen MR) is 101 cm³/mol. The van der Waals surface area contributed by atoms with E-state index < -0.39 is 0 Å². The lowest BCUT2D eigenvalue weighted by Crippen LogP contribution is -2.27. The molecule has 1 aromatic carbocycles. The van der Waals surface area contributed by atoms with Gasteiger partial charge in [0.25, 0.3) is 5.91 Å². The third-order valence-electron chi connectivity index (χ3n) is 3.62. The third kappa shape index (κ3) is 4.44. The Hall–Kier alpha value is -2.32. The van der Waals surface area contributed by atoms with Crippen molar-refractivity contribution in [3.63, 3.8) is 0 Å². The summed E-state index contributed by atoms with van der Waals surface area (Å²) in [7, 11) is 3.55. The van der Waals surface area contributed by atoms with Gasteiger partial charge in [0.05, 0.1) is 17.3 Å². The van der Waals surface area contributed by atoms with Crippen LogP contribution in [0.2, 0.25) is 5.02 Å². The first-order valence-corrected chi connectivity index (χ1v) is 8.95. The highest BCUT2D eigenvalue weighted by Crippen LogP contribution is 2.27. The Morgan fingerprint density at radius 3 is 2.77 bits per heavy atom. The number of carbonyl (C=O) groups is 1. The van der Waals surface area contributed by atoms with Gasteiger partial charge in [-0.2, -0.15) is 10.2 Å². The Bertz CT molecular complexity index is 924. The first-order valence-electron chi connectivity index (χ1n) is 7.77. The molecular weight excluding hydrogens is 422 g/mol. The standard InChI is InChI=1S/C17H17BrClN5O2/c1-22(10-13-5-7-23(2)20-13)17(25)15-6-8-24(21-15)11-26-16-4-3-12(18)9-14(16)19/h3-9H,10-11H2,1-2H3. The molecule has 0 aliphatic carbocycles. The van der Waals surface area contributed by atoms with Crippen LogP contribution < -0.4 is 4.74 Å². The average molecular weight is 439 g/mol. The summed E-state index contributed by atoms with van der Waals surface area (Å²) in [5, 5.41) is 9.03. The van der Waals surface area contributed by atoms with E-state index in [1.54, 1.807) is 45.7 Å². The smallest absolute Gasteiger partial charge is 0.274 e. The molecule has 0 radical (unpaired) electrons. The summed E-state index contributed by atoms with van der Waals surface area (Å²) < 4.78 is 9.76. The summed E-state index contributed by atoms with van der Waals surface area (Å²) in [5.41, 5.74) is 1.16. The van der Waals surface area contributed by atoms with E-state index in [-0.39, 0.29) is 12.6 Å². The van der Waals surface area contributed by atoms with Gasteiger partial charge in [0, 0.05) is 31.0 Å². The lowest BCUT2D eigenvalue weighted by atomic mass is 10.3. The van der Waals surface area contributed by atoms with Crippen molar-refractivity contribution in [2.24, 2.45) is 7.05 Å². The maximum atomic E-state index is 12.5. The number of halogens is 2. The van der Waals surface area contributed by atoms with Crippen LogP contribution in [0.25, 0.3) is 0 Å². The number of hydrogen-bond donors (Lipinski definition) is 0. The zero-order valence-electron chi connectivity index (χ0n) is 14.3. The molecule has 3 rings (SSSR count). The van der Waals surface area contributed by atoms with Crippen molar-refractivity contribution in [3.05, 3.63) is 63.6 Å². The molecule has 0 saturated heterocycles. The summed E-state index contributed by atoms with van der Waals surface area (Å²) in [6.07, 6.45) is 3.53. The van der Waals surface area contributed by atoms with Crippen molar-refractivity contribution in [2.75, 3.05) is 7.05 Å². The van der Waals surface area contributed by atoms with Crippen LogP contribution in [0.15, 0.2) is 47.2 Å². The largest absolute Gasteiger partial charge is 0.470 e. The van der Waals surface area contributed by atoms with E-state index in [1.807, 2.05) is 25.4 Å². The molecule has 0 aliphatic heterocycles. The minimum absolute atomic E-state index is 0.151. The van der Waals surface area contributed by atoms with Gasteiger partial charge in [0.1, 0.15) is 5.75 Å². The van der Waals surface area contributed by atoms with E-state index in [0.29, 0.717) is 23.0 Å². The number of rotatable bonds is 6. The van der Waals surface area contributed by atoms with Crippen LogP contribution in [-0.2, 0) is 20.3 Å². The van der Waals surface area contributed by atoms with Crippen LogP contribution in [0.4, 0.5) is 0 Å². The van der Waals surface area contributed by atoms with Crippen molar-refractivity contribution in [2.45, 2.75) is 13.3 Å². The summed E-state index contributed by atoms with van der Waals surface area (Å²) >= 11 is 9.46. The fraction of sp³-hybridized carbons (Fsp3) is 0.235. The van der Waals surface area contributed by atoms with Crippen molar-refractivity contribution in [1.29, 1.82) is 0 Å². The van der Waals surface area contributed by atoms with Gasteiger partial charge >= 0.3 is 0 Å². The Balaban J connectivity index is 1.60. The Morgan fingerprint density at radius 1 is 1.27 bits per heavy atom. The molecule has 0 saturated carbocycles. The monoisotopic (exact) mass is 437 g/mol. The van der Waals surface area contributed by atoms with Gasteiger partial charge in [-0.15, -0.1) is 0 Å². The molecule has 0 bridgehead atoms. The Morgan fingerprint density at radius 2 is 2.08 bits per heavy atom. The first-order chi connectivity index (χ1) is 12.4. The number of carbonyl (C=O) groups excluding carboxylic acids is 1. The molecule has 0 aliphatic rings. The van der Waals surface area contributed by atoms with Crippen molar-refractivity contribution in [3.8, 4) is 5.75 Å². The van der Waals surface area contributed by atoms with Gasteiger partial charge in [-0.1, -0.05) is 27.5 Å². The molecule has 0 spiro atoms. The molecule has 136 valence electrons. The number of nitrogens with zero attached hydrogens (tertiary/aromatic N) is 5. The number of benzene rings is 1. The maximum Gasteiger partial charge on any atom is 0.274 e. The van der Waals surface area contributed by atoms with Crippen LogP contribution in [-0.4, -0.2) is 37.4 Å². The molecule has 1 amide bonds. The highest BCUT2D eigenvalue weighted by Gasteiger charge is 2.16. The first kappa shape index (κ1) is 18.5. The zero-order chi connectivity index (χ0) is 18.7. The summed E-state index contributed by atoms with van der Waals surface area (Å²) in [6, 6.07) is 8.89. The highest BCUT2D eigenvalue weighted by molar-refractivity contribution is 9.10. The molecule has 3 aromatic rings. The number of amides is 1. The number of hydrogen-bond acceptors (Lipinski definition) is 4. The summed E-state index contributed by atoms with van der Waals surface area (Å²) in [4.78, 5) is 14.1. The van der Waals surface area contributed by atoms with E-state index in [9.17, 15) is 4.79 Å². The molecule has 26 heavy (non-hydrogen) atoms. The molecule has 0 N–H and O–H groups in total. The van der Waals surface area contributed by atoms with Crippen LogP contribution in [0.5, 0.6) is 5.75 Å². The van der Waals surface area contributed by atoms with Gasteiger partial charge in [0.2, 0.25) is 0 Å². The average Bonchev–Trinajstić information content (AvgIpc) is 3.22. The number of ether oxygens (including phenoxy) is 1. The van der Waals surface area contributed by atoms with E-state index in [1.165, 1.54) is 0 Å². The van der Waals surface area contributed by atoms with E-state index in [2.05, 4.69) is 26.1 Å². The topological polar surface area (TPSA) is 65.2 Å². The van der Waals surface area contributed by atoms with Crippen LogP contribution in [0, 0.1) is 0 Å². The molecule has 2 heterocycles. The maximum absolute atomic E-state index is 12.5. The lowest BCUT2D eigenvalue weighted by molar-refractivity contribution is 0.0775. The Kier molecular flexibility index (Phi) is 5.63. The van der Waals surface area contributed by atoms with Crippen molar-refractivity contribution >= 4 is 33.4 Å². The third-order valence-corrected chi connectivity index (χ3v) is 4.41. The van der Waals surface area contributed by atoms with Crippen LogP contribution in [0.3, 0.4) is 0 Å². The SMILES string of the molecule is CN(Cc1ccn(C)n1)C(=O)c1ccn(COc2ccc(Br)cc2Cl)n1.